The molecule has 2 atom stereocenters. The van der Waals surface area contributed by atoms with Crippen molar-refractivity contribution in [1.29, 1.82) is 0 Å². The Morgan fingerprint density at radius 3 is 2.18 bits per heavy atom. The van der Waals surface area contributed by atoms with Gasteiger partial charge in [-0.15, -0.1) is 0 Å². The van der Waals surface area contributed by atoms with Gasteiger partial charge in [-0.1, -0.05) is 33.8 Å². The van der Waals surface area contributed by atoms with Crippen LogP contribution in [0.25, 0.3) is 0 Å². The molecule has 0 unspecified atom stereocenters. The van der Waals surface area contributed by atoms with Gasteiger partial charge < -0.3 is 4.43 Å². The van der Waals surface area contributed by atoms with Gasteiger partial charge in [-0.2, -0.15) is 0 Å². The van der Waals surface area contributed by atoms with Gasteiger partial charge in [0.1, 0.15) is 6.29 Å². The highest BCUT2D eigenvalue weighted by Crippen LogP contribution is 2.37. The molecule has 2 nitrogen and oxygen atoms in total. The lowest BCUT2D eigenvalue weighted by molar-refractivity contribution is -0.104. The molecule has 100 valence electrons. The fraction of sp³-hybridized carbons (Fsp3) is 0.786. The number of carbonyl (C=O) groups excluding carboxylic acids is 1. The van der Waals surface area contributed by atoms with Crippen LogP contribution in [0.2, 0.25) is 18.1 Å². The second-order valence-corrected chi connectivity index (χ2v) is 11.2. The van der Waals surface area contributed by atoms with Crippen LogP contribution < -0.4 is 0 Å². The first-order valence-corrected chi connectivity index (χ1v) is 9.30. The summed E-state index contributed by atoms with van der Waals surface area (Å²) in [4.78, 5) is 10.2. The van der Waals surface area contributed by atoms with E-state index in [4.69, 9.17) is 4.43 Å². The van der Waals surface area contributed by atoms with Crippen molar-refractivity contribution in [2.75, 3.05) is 0 Å². The van der Waals surface area contributed by atoms with Gasteiger partial charge in [0.25, 0.3) is 0 Å². The molecule has 0 radical (unpaired) electrons. The van der Waals surface area contributed by atoms with Crippen LogP contribution in [0.3, 0.4) is 0 Å². The highest BCUT2D eigenvalue weighted by Gasteiger charge is 2.38. The first kappa shape index (κ1) is 16.6. The lowest BCUT2D eigenvalue weighted by Crippen LogP contribution is -2.43. The normalized spacial score (nSPS) is 17.1. The molecule has 0 aromatic rings. The van der Waals surface area contributed by atoms with E-state index in [1.807, 2.05) is 6.08 Å². The Kier molecular flexibility index (Phi) is 6.34. The molecule has 0 N–H and O–H groups in total. The Morgan fingerprint density at radius 1 is 1.24 bits per heavy atom. The Bertz CT molecular complexity index is 264. The van der Waals surface area contributed by atoms with Gasteiger partial charge in [-0.05, 0) is 43.5 Å². The van der Waals surface area contributed by atoms with E-state index in [9.17, 15) is 4.79 Å². The standard InChI is InChI=1S/C14H28O2Si/c1-12(9-8-10-15)11-13(2)16-17(6,7)14(3,4)5/h8-10,12-13H,11H2,1-7H3/b9-8+/t12-,13-/m0/s1. The van der Waals surface area contributed by atoms with Crippen molar-refractivity contribution in [3.8, 4) is 0 Å². The number of aldehydes is 1. The molecule has 0 aliphatic rings. The molecule has 0 saturated carbocycles. The molecule has 0 rings (SSSR count). The Morgan fingerprint density at radius 2 is 1.76 bits per heavy atom. The average molecular weight is 256 g/mol. The van der Waals surface area contributed by atoms with E-state index in [0.29, 0.717) is 5.92 Å². The zero-order valence-electron chi connectivity index (χ0n) is 12.4. The largest absolute Gasteiger partial charge is 0.414 e. The summed E-state index contributed by atoms with van der Waals surface area (Å²) in [5, 5.41) is 0.253. The lowest BCUT2D eigenvalue weighted by Gasteiger charge is -2.38. The number of hydrogen-bond acceptors (Lipinski definition) is 2. The zero-order valence-corrected chi connectivity index (χ0v) is 13.4. The van der Waals surface area contributed by atoms with Gasteiger partial charge in [-0.25, -0.2) is 0 Å². The maximum atomic E-state index is 10.2. The van der Waals surface area contributed by atoms with E-state index < -0.39 is 8.32 Å². The summed E-state index contributed by atoms with van der Waals surface area (Å²) in [6.07, 6.45) is 5.57. The van der Waals surface area contributed by atoms with Gasteiger partial charge in [0, 0.05) is 6.10 Å². The molecule has 0 heterocycles. The minimum atomic E-state index is -1.66. The van der Waals surface area contributed by atoms with E-state index >= 15 is 0 Å². The van der Waals surface area contributed by atoms with Crippen LogP contribution >= 0.6 is 0 Å². The Hall–Kier alpha value is -0.413. The molecule has 0 aliphatic heterocycles. The minimum Gasteiger partial charge on any atom is -0.414 e. The maximum absolute atomic E-state index is 10.2. The topological polar surface area (TPSA) is 26.3 Å². The molecular formula is C14H28O2Si. The van der Waals surface area contributed by atoms with Crippen molar-refractivity contribution >= 4 is 14.6 Å². The molecular weight excluding hydrogens is 228 g/mol. The highest BCUT2D eigenvalue weighted by molar-refractivity contribution is 6.74. The maximum Gasteiger partial charge on any atom is 0.192 e. The van der Waals surface area contributed by atoms with Crippen molar-refractivity contribution in [2.45, 2.75) is 65.3 Å². The number of hydrogen-bond donors (Lipinski definition) is 0. The summed E-state index contributed by atoms with van der Waals surface area (Å²) in [5.41, 5.74) is 0. The molecule has 0 bridgehead atoms. The van der Waals surface area contributed by atoms with Gasteiger partial charge in [0.15, 0.2) is 8.32 Å². The molecule has 0 saturated heterocycles. The number of rotatable bonds is 6. The third-order valence-corrected chi connectivity index (χ3v) is 8.13. The van der Waals surface area contributed by atoms with Crippen LogP contribution in [-0.2, 0) is 9.22 Å². The second kappa shape index (κ2) is 6.50. The molecule has 0 fully saturated rings. The molecule has 0 spiro atoms. The van der Waals surface area contributed by atoms with Gasteiger partial charge in [0.05, 0.1) is 0 Å². The quantitative estimate of drug-likeness (QED) is 0.405. The second-order valence-electron chi connectivity index (χ2n) is 6.42. The summed E-state index contributed by atoms with van der Waals surface area (Å²) in [6.45, 7) is 15.5. The molecule has 0 aromatic carbocycles. The molecule has 0 amide bonds. The zero-order chi connectivity index (χ0) is 13.7. The SMILES string of the molecule is C[C@@H](/C=C/C=O)C[C@H](C)O[Si](C)(C)C(C)(C)C. The smallest absolute Gasteiger partial charge is 0.192 e. The molecule has 17 heavy (non-hydrogen) atoms. The van der Waals surface area contributed by atoms with Crippen molar-refractivity contribution in [2.24, 2.45) is 5.92 Å². The lowest BCUT2D eigenvalue weighted by atomic mass is 10.0. The van der Waals surface area contributed by atoms with E-state index in [-0.39, 0.29) is 11.1 Å². The first-order valence-electron chi connectivity index (χ1n) is 6.40. The van der Waals surface area contributed by atoms with E-state index in [2.05, 4.69) is 47.7 Å². The van der Waals surface area contributed by atoms with Crippen LogP contribution in [-0.4, -0.2) is 20.7 Å². The monoisotopic (exact) mass is 256 g/mol. The Balaban J connectivity index is 4.31. The molecule has 0 aliphatic carbocycles. The third kappa shape index (κ3) is 6.17. The van der Waals surface area contributed by atoms with Gasteiger partial charge in [-0.3, -0.25) is 4.79 Å². The fourth-order valence-electron chi connectivity index (χ4n) is 1.57. The average Bonchev–Trinajstić information content (AvgIpc) is 2.11. The van der Waals surface area contributed by atoms with Crippen LogP contribution in [0.1, 0.15) is 41.0 Å². The van der Waals surface area contributed by atoms with Crippen LogP contribution in [0, 0.1) is 5.92 Å². The summed E-state index contributed by atoms with van der Waals surface area (Å²) >= 11 is 0. The third-order valence-electron chi connectivity index (χ3n) is 3.52. The summed E-state index contributed by atoms with van der Waals surface area (Å²) in [7, 11) is -1.66. The van der Waals surface area contributed by atoms with Gasteiger partial charge >= 0.3 is 0 Å². The summed E-state index contributed by atoms with van der Waals surface area (Å²) < 4.78 is 6.27. The van der Waals surface area contributed by atoms with Crippen molar-refractivity contribution < 1.29 is 9.22 Å². The highest BCUT2D eigenvalue weighted by atomic mass is 28.4. The predicted octanol–water partition coefficient (Wildman–Crippen LogP) is 4.18. The van der Waals surface area contributed by atoms with Crippen LogP contribution in [0.15, 0.2) is 12.2 Å². The summed E-state index contributed by atoms with van der Waals surface area (Å²) in [5.74, 6) is 0.389. The predicted molar refractivity (Wildman–Crippen MR) is 76.7 cm³/mol. The van der Waals surface area contributed by atoms with Gasteiger partial charge in [0.2, 0.25) is 0 Å². The summed E-state index contributed by atoms with van der Waals surface area (Å²) in [6, 6.07) is 0. The van der Waals surface area contributed by atoms with Crippen LogP contribution in [0.4, 0.5) is 0 Å². The first-order chi connectivity index (χ1) is 7.60. The van der Waals surface area contributed by atoms with Crippen molar-refractivity contribution in [3.05, 3.63) is 12.2 Å². The molecule has 0 aromatic heterocycles. The van der Waals surface area contributed by atoms with E-state index in [1.165, 1.54) is 0 Å². The number of allylic oxidation sites excluding steroid dienone is 2. The Labute approximate surface area is 108 Å². The van der Waals surface area contributed by atoms with Crippen molar-refractivity contribution in [1.82, 2.24) is 0 Å². The van der Waals surface area contributed by atoms with E-state index in [0.717, 1.165) is 12.7 Å². The van der Waals surface area contributed by atoms with E-state index in [1.54, 1.807) is 6.08 Å². The van der Waals surface area contributed by atoms with Crippen molar-refractivity contribution in [3.63, 3.8) is 0 Å². The number of carbonyl (C=O) groups is 1. The van der Waals surface area contributed by atoms with Crippen LogP contribution in [0.5, 0.6) is 0 Å². The molecule has 3 heteroatoms. The fourth-order valence-corrected chi connectivity index (χ4v) is 3.02. The minimum absolute atomic E-state index is 0.252.